The van der Waals surface area contributed by atoms with Crippen LogP contribution in [0.5, 0.6) is 5.75 Å². The van der Waals surface area contributed by atoms with Gasteiger partial charge < -0.3 is 4.74 Å². The minimum absolute atomic E-state index is 0.219. The Balaban J connectivity index is 1.89. The van der Waals surface area contributed by atoms with E-state index in [-0.39, 0.29) is 5.97 Å². The van der Waals surface area contributed by atoms with Crippen LogP contribution in [0.25, 0.3) is 0 Å². The summed E-state index contributed by atoms with van der Waals surface area (Å²) in [5.74, 6) is 0.386. The van der Waals surface area contributed by atoms with Gasteiger partial charge in [0.15, 0.2) is 0 Å². The van der Waals surface area contributed by atoms with Gasteiger partial charge in [-0.1, -0.05) is 29.8 Å². The van der Waals surface area contributed by atoms with E-state index in [1.54, 1.807) is 0 Å². The van der Waals surface area contributed by atoms with E-state index in [2.05, 4.69) is 0 Å². The molecule has 0 spiro atoms. The minimum Gasteiger partial charge on any atom is -0.427 e. The maximum absolute atomic E-state index is 11.8. The number of hydrogen-bond donors (Lipinski definition) is 0. The van der Waals surface area contributed by atoms with Gasteiger partial charge in [-0.2, -0.15) is 0 Å². The standard InChI is InChI=1S/C17H17ClO2/c1-12-3-9-16(11-13(12)2)20-17(19)10-6-14-4-7-15(18)8-5-14/h3-5,7-9,11H,6,10H2,1-2H3. The zero-order valence-corrected chi connectivity index (χ0v) is 12.4. The topological polar surface area (TPSA) is 26.3 Å². The van der Waals surface area contributed by atoms with Crippen LogP contribution in [0.15, 0.2) is 42.5 Å². The van der Waals surface area contributed by atoms with E-state index in [9.17, 15) is 4.79 Å². The molecule has 0 saturated carbocycles. The zero-order valence-electron chi connectivity index (χ0n) is 11.7. The van der Waals surface area contributed by atoms with Crippen molar-refractivity contribution in [3.8, 4) is 5.75 Å². The number of carbonyl (C=O) groups excluding carboxylic acids is 1. The van der Waals surface area contributed by atoms with Gasteiger partial charge >= 0.3 is 5.97 Å². The SMILES string of the molecule is Cc1ccc(OC(=O)CCc2ccc(Cl)cc2)cc1C. The summed E-state index contributed by atoms with van der Waals surface area (Å²) in [5.41, 5.74) is 3.38. The monoisotopic (exact) mass is 288 g/mol. The van der Waals surface area contributed by atoms with Crippen molar-refractivity contribution >= 4 is 17.6 Å². The molecule has 0 radical (unpaired) electrons. The molecule has 0 aliphatic heterocycles. The smallest absolute Gasteiger partial charge is 0.311 e. The second-order valence-electron chi connectivity index (χ2n) is 4.85. The van der Waals surface area contributed by atoms with Gasteiger partial charge in [-0.15, -0.1) is 0 Å². The van der Waals surface area contributed by atoms with Crippen LogP contribution in [0.2, 0.25) is 5.02 Å². The lowest BCUT2D eigenvalue weighted by Gasteiger charge is -2.07. The average Bonchev–Trinajstić information content (AvgIpc) is 2.42. The number of carbonyl (C=O) groups is 1. The first-order chi connectivity index (χ1) is 9.54. The number of ether oxygens (including phenoxy) is 1. The summed E-state index contributed by atoms with van der Waals surface area (Å²) in [6, 6.07) is 13.2. The lowest BCUT2D eigenvalue weighted by molar-refractivity contribution is -0.134. The fourth-order valence-electron chi connectivity index (χ4n) is 1.86. The van der Waals surface area contributed by atoms with Crippen molar-refractivity contribution in [3.05, 3.63) is 64.2 Å². The Bertz CT molecular complexity index is 603. The van der Waals surface area contributed by atoms with E-state index in [0.717, 1.165) is 11.1 Å². The molecule has 0 N–H and O–H groups in total. The van der Waals surface area contributed by atoms with Gasteiger partial charge in [0.25, 0.3) is 0 Å². The van der Waals surface area contributed by atoms with Gasteiger partial charge in [-0.25, -0.2) is 0 Å². The molecule has 0 atom stereocenters. The first-order valence-corrected chi connectivity index (χ1v) is 6.95. The fourth-order valence-corrected chi connectivity index (χ4v) is 1.98. The molecule has 0 amide bonds. The summed E-state index contributed by atoms with van der Waals surface area (Å²) in [6.45, 7) is 4.03. The van der Waals surface area contributed by atoms with Crippen molar-refractivity contribution in [1.82, 2.24) is 0 Å². The van der Waals surface area contributed by atoms with Crippen molar-refractivity contribution in [2.24, 2.45) is 0 Å². The number of esters is 1. The summed E-state index contributed by atoms with van der Waals surface area (Å²) in [4.78, 5) is 11.8. The number of hydrogen-bond acceptors (Lipinski definition) is 2. The van der Waals surface area contributed by atoms with Crippen LogP contribution in [-0.2, 0) is 11.2 Å². The fraction of sp³-hybridized carbons (Fsp3) is 0.235. The molecule has 104 valence electrons. The van der Waals surface area contributed by atoms with Gasteiger partial charge in [-0.05, 0) is 61.2 Å². The summed E-state index contributed by atoms with van der Waals surface area (Å²) in [6.07, 6.45) is 1.01. The molecule has 2 nitrogen and oxygen atoms in total. The van der Waals surface area contributed by atoms with E-state index in [1.807, 2.05) is 56.3 Å². The lowest BCUT2D eigenvalue weighted by atomic mass is 10.1. The Morgan fingerprint density at radius 3 is 2.40 bits per heavy atom. The maximum Gasteiger partial charge on any atom is 0.311 e. The van der Waals surface area contributed by atoms with E-state index in [4.69, 9.17) is 16.3 Å². The summed E-state index contributed by atoms with van der Waals surface area (Å²) in [5, 5.41) is 0.700. The van der Waals surface area contributed by atoms with E-state index < -0.39 is 0 Å². The summed E-state index contributed by atoms with van der Waals surface area (Å²) >= 11 is 5.82. The Morgan fingerprint density at radius 1 is 1.05 bits per heavy atom. The van der Waals surface area contributed by atoms with Crippen molar-refractivity contribution in [2.75, 3.05) is 0 Å². The van der Waals surface area contributed by atoms with Gasteiger partial charge in [0, 0.05) is 11.4 Å². The Hall–Kier alpha value is -1.80. The van der Waals surface area contributed by atoms with E-state index in [1.165, 1.54) is 5.56 Å². The lowest BCUT2D eigenvalue weighted by Crippen LogP contribution is -2.09. The molecular formula is C17H17ClO2. The molecule has 0 unspecified atom stereocenters. The van der Waals surface area contributed by atoms with E-state index >= 15 is 0 Å². The Kier molecular flexibility index (Phi) is 4.80. The molecular weight excluding hydrogens is 272 g/mol. The first kappa shape index (κ1) is 14.6. The Morgan fingerprint density at radius 2 is 1.75 bits per heavy atom. The third kappa shape index (κ3) is 4.10. The number of halogens is 1. The highest BCUT2D eigenvalue weighted by atomic mass is 35.5. The molecule has 0 saturated heterocycles. The Labute approximate surface area is 124 Å². The molecule has 20 heavy (non-hydrogen) atoms. The number of aryl methyl sites for hydroxylation is 3. The van der Waals surface area contributed by atoms with Crippen molar-refractivity contribution in [1.29, 1.82) is 0 Å². The third-order valence-electron chi connectivity index (χ3n) is 3.24. The zero-order chi connectivity index (χ0) is 14.5. The van der Waals surface area contributed by atoms with Gasteiger partial charge in [0.1, 0.15) is 5.75 Å². The second-order valence-corrected chi connectivity index (χ2v) is 5.28. The molecule has 0 aliphatic carbocycles. The van der Waals surface area contributed by atoms with Crippen LogP contribution in [0.3, 0.4) is 0 Å². The maximum atomic E-state index is 11.8. The molecule has 0 aromatic heterocycles. The normalized spacial score (nSPS) is 10.3. The predicted octanol–water partition coefficient (Wildman–Crippen LogP) is 4.50. The third-order valence-corrected chi connectivity index (χ3v) is 3.49. The van der Waals surface area contributed by atoms with Crippen molar-refractivity contribution < 1.29 is 9.53 Å². The molecule has 0 aliphatic rings. The molecule has 2 aromatic rings. The van der Waals surface area contributed by atoms with Crippen LogP contribution in [-0.4, -0.2) is 5.97 Å². The van der Waals surface area contributed by atoms with Gasteiger partial charge in [-0.3, -0.25) is 4.79 Å². The van der Waals surface area contributed by atoms with E-state index in [0.29, 0.717) is 23.6 Å². The summed E-state index contributed by atoms with van der Waals surface area (Å²) in [7, 11) is 0. The van der Waals surface area contributed by atoms with Crippen LogP contribution in [0.1, 0.15) is 23.1 Å². The second kappa shape index (κ2) is 6.58. The molecule has 0 bridgehead atoms. The highest BCUT2D eigenvalue weighted by Gasteiger charge is 2.06. The highest BCUT2D eigenvalue weighted by molar-refractivity contribution is 6.30. The predicted molar refractivity (Wildman–Crippen MR) is 81.3 cm³/mol. The number of rotatable bonds is 4. The molecule has 0 heterocycles. The molecule has 2 aromatic carbocycles. The molecule has 0 fully saturated rings. The molecule has 3 heteroatoms. The van der Waals surface area contributed by atoms with Gasteiger partial charge in [0.2, 0.25) is 0 Å². The van der Waals surface area contributed by atoms with Crippen LogP contribution in [0.4, 0.5) is 0 Å². The number of benzene rings is 2. The molecule has 2 rings (SSSR count). The highest BCUT2D eigenvalue weighted by Crippen LogP contribution is 2.17. The largest absolute Gasteiger partial charge is 0.427 e. The summed E-state index contributed by atoms with van der Waals surface area (Å²) < 4.78 is 5.33. The minimum atomic E-state index is -0.219. The van der Waals surface area contributed by atoms with Crippen molar-refractivity contribution in [3.63, 3.8) is 0 Å². The average molecular weight is 289 g/mol. The van der Waals surface area contributed by atoms with Crippen molar-refractivity contribution in [2.45, 2.75) is 26.7 Å². The van der Waals surface area contributed by atoms with Crippen LogP contribution < -0.4 is 4.74 Å². The quantitative estimate of drug-likeness (QED) is 0.612. The van der Waals surface area contributed by atoms with Gasteiger partial charge in [0.05, 0.1) is 0 Å². The van der Waals surface area contributed by atoms with Crippen LogP contribution >= 0.6 is 11.6 Å². The first-order valence-electron chi connectivity index (χ1n) is 6.57. The van der Waals surface area contributed by atoms with Crippen LogP contribution in [0, 0.1) is 13.8 Å².